The first-order valence-electron chi connectivity index (χ1n) is 5.04. The molecule has 0 aromatic heterocycles. The highest BCUT2D eigenvalue weighted by Gasteiger charge is 2.12. The zero-order chi connectivity index (χ0) is 11.0. The number of ether oxygens (including phenoxy) is 2. The van der Waals surface area contributed by atoms with E-state index in [0.29, 0.717) is 13.2 Å². The number of carbonyl (C=O) groups is 1. The van der Waals surface area contributed by atoms with Gasteiger partial charge >= 0.3 is 5.97 Å². The van der Waals surface area contributed by atoms with Crippen LogP contribution in [0.3, 0.4) is 0 Å². The topological polar surface area (TPSA) is 38.8 Å². The van der Waals surface area contributed by atoms with Crippen LogP contribution in [-0.4, -0.2) is 50.3 Å². The Kier molecular flexibility index (Phi) is 7.42. The summed E-state index contributed by atoms with van der Waals surface area (Å²) in [6.07, 6.45) is 0.143. The number of hydrogen-bond donors (Lipinski definition) is 0. The summed E-state index contributed by atoms with van der Waals surface area (Å²) < 4.78 is 10.00. The molecule has 0 rings (SSSR count). The maximum Gasteiger partial charge on any atom is 0.320 e. The molecule has 4 nitrogen and oxygen atoms in total. The predicted octanol–water partition coefficient (Wildman–Crippen LogP) is 0.906. The average Bonchev–Trinajstić information content (AvgIpc) is 2.16. The third kappa shape index (κ3) is 5.94. The largest absolute Gasteiger partial charge is 0.465 e. The summed E-state index contributed by atoms with van der Waals surface area (Å²) in [7, 11) is 1.67. The molecule has 0 saturated carbocycles. The van der Waals surface area contributed by atoms with E-state index in [4.69, 9.17) is 9.47 Å². The first-order chi connectivity index (χ1) is 6.63. The summed E-state index contributed by atoms with van der Waals surface area (Å²) in [6, 6.07) is 0. The Morgan fingerprint density at radius 1 is 1.43 bits per heavy atom. The Balaban J connectivity index is 3.83. The lowest BCUT2D eigenvalue weighted by Crippen LogP contribution is -2.36. The van der Waals surface area contributed by atoms with Crippen LogP contribution in [0.15, 0.2) is 0 Å². The van der Waals surface area contributed by atoms with Crippen LogP contribution in [-0.2, 0) is 14.3 Å². The van der Waals surface area contributed by atoms with Crippen LogP contribution in [0.25, 0.3) is 0 Å². The van der Waals surface area contributed by atoms with E-state index in [1.807, 2.05) is 25.7 Å². The van der Waals surface area contributed by atoms with Gasteiger partial charge in [0.15, 0.2) is 0 Å². The minimum absolute atomic E-state index is 0.143. The van der Waals surface area contributed by atoms with Crippen molar-refractivity contribution in [3.05, 3.63) is 0 Å². The van der Waals surface area contributed by atoms with E-state index >= 15 is 0 Å². The van der Waals surface area contributed by atoms with Crippen LogP contribution in [0, 0.1) is 0 Å². The molecule has 0 N–H and O–H groups in total. The summed E-state index contributed by atoms with van der Waals surface area (Å²) in [5.74, 6) is -0.169. The lowest BCUT2D eigenvalue weighted by atomic mass is 10.3. The van der Waals surface area contributed by atoms with Gasteiger partial charge in [-0.1, -0.05) is 6.92 Å². The molecule has 0 aliphatic heterocycles. The van der Waals surface area contributed by atoms with Crippen LogP contribution in [0.4, 0.5) is 0 Å². The van der Waals surface area contributed by atoms with Gasteiger partial charge in [-0.25, -0.2) is 0 Å². The van der Waals surface area contributed by atoms with Crippen molar-refractivity contribution in [1.29, 1.82) is 0 Å². The molecule has 4 heteroatoms. The average molecular weight is 203 g/mol. The Morgan fingerprint density at radius 3 is 2.50 bits per heavy atom. The predicted molar refractivity (Wildman–Crippen MR) is 55.2 cm³/mol. The molecule has 14 heavy (non-hydrogen) atoms. The number of nitrogens with zero attached hydrogens (tertiary/aromatic N) is 1. The Morgan fingerprint density at radius 2 is 2.07 bits per heavy atom. The molecule has 0 bridgehead atoms. The van der Waals surface area contributed by atoms with Crippen molar-refractivity contribution >= 4 is 5.97 Å². The van der Waals surface area contributed by atoms with Gasteiger partial charge in [-0.3, -0.25) is 9.69 Å². The Bertz CT molecular complexity index is 161. The summed E-state index contributed by atoms with van der Waals surface area (Å²) in [5.41, 5.74) is 0. The van der Waals surface area contributed by atoms with E-state index in [9.17, 15) is 4.79 Å². The summed E-state index contributed by atoms with van der Waals surface area (Å²) in [6.45, 7) is 8.17. The fourth-order valence-electron chi connectivity index (χ4n) is 1.13. The Labute approximate surface area is 86.2 Å². The molecule has 0 aliphatic rings. The summed E-state index contributed by atoms with van der Waals surface area (Å²) >= 11 is 0. The van der Waals surface area contributed by atoms with E-state index < -0.39 is 0 Å². The molecular weight excluding hydrogens is 182 g/mol. The van der Waals surface area contributed by atoms with Gasteiger partial charge in [-0.05, 0) is 20.4 Å². The van der Waals surface area contributed by atoms with Gasteiger partial charge in [0, 0.05) is 13.7 Å². The molecule has 0 heterocycles. The number of likely N-dealkylation sites (N-methyl/N-ethyl adjacent to an activating group) is 1. The van der Waals surface area contributed by atoms with Crippen molar-refractivity contribution in [2.24, 2.45) is 0 Å². The van der Waals surface area contributed by atoms with Crippen molar-refractivity contribution in [1.82, 2.24) is 4.90 Å². The van der Waals surface area contributed by atoms with Crippen LogP contribution in [0.1, 0.15) is 20.8 Å². The SMILES string of the molecule is CCOC(=O)CN(CC)CC(C)OC. The minimum Gasteiger partial charge on any atom is -0.465 e. The van der Waals surface area contributed by atoms with Crippen molar-refractivity contribution in [2.45, 2.75) is 26.9 Å². The second kappa shape index (κ2) is 7.76. The molecule has 1 unspecified atom stereocenters. The Hall–Kier alpha value is -0.610. The monoisotopic (exact) mass is 203 g/mol. The summed E-state index contributed by atoms with van der Waals surface area (Å²) in [4.78, 5) is 13.2. The zero-order valence-electron chi connectivity index (χ0n) is 9.58. The van der Waals surface area contributed by atoms with Gasteiger partial charge in [0.1, 0.15) is 0 Å². The van der Waals surface area contributed by atoms with Crippen LogP contribution in [0.2, 0.25) is 0 Å². The minimum atomic E-state index is -0.169. The van der Waals surface area contributed by atoms with Gasteiger partial charge in [0.25, 0.3) is 0 Å². The molecule has 0 aliphatic carbocycles. The molecule has 0 amide bonds. The highest BCUT2D eigenvalue weighted by atomic mass is 16.5. The fraction of sp³-hybridized carbons (Fsp3) is 0.900. The van der Waals surface area contributed by atoms with E-state index in [1.165, 1.54) is 0 Å². The first-order valence-corrected chi connectivity index (χ1v) is 5.04. The third-order valence-corrected chi connectivity index (χ3v) is 2.02. The van der Waals surface area contributed by atoms with Crippen molar-refractivity contribution in [3.63, 3.8) is 0 Å². The number of carbonyl (C=O) groups excluding carboxylic acids is 1. The lowest BCUT2D eigenvalue weighted by Gasteiger charge is -2.22. The number of rotatable bonds is 7. The van der Waals surface area contributed by atoms with Crippen LogP contribution < -0.4 is 0 Å². The van der Waals surface area contributed by atoms with Gasteiger partial charge in [0.05, 0.1) is 19.3 Å². The first kappa shape index (κ1) is 13.4. The third-order valence-electron chi connectivity index (χ3n) is 2.02. The molecule has 0 radical (unpaired) electrons. The maximum atomic E-state index is 11.2. The molecule has 0 aromatic carbocycles. The van der Waals surface area contributed by atoms with Crippen LogP contribution >= 0.6 is 0 Å². The molecule has 0 spiro atoms. The molecule has 0 saturated heterocycles. The maximum absolute atomic E-state index is 11.2. The quantitative estimate of drug-likeness (QED) is 0.576. The van der Waals surface area contributed by atoms with Gasteiger partial charge < -0.3 is 9.47 Å². The van der Waals surface area contributed by atoms with E-state index in [-0.39, 0.29) is 12.1 Å². The molecule has 84 valence electrons. The molecular formula is C10H21NO3. The number of esters is 1. The van der Waals surface area contributed by atoms with Crippen LogP contribution in [0.5, 0.6) is 0 Å². The van der Waals surface area contributed by atoms with Gasteiger partial charge in [0.2, 0.25) is 0 Å². The lowest BCUT2D eigenvalue weighted by molar-refractivity contribution is -0.144. The molecule has 1 atom stereocenters. The zero-order valence-corrected chi connectivity index (χ0v) is 9.58. The van der Waals surface area contributed by atoms with Gasteiger partial charge in [-0.15, -0.1) is 0 Å². The second-order valence-corrected chi connectivity index (χ2v) is 3.18. The second-order valence-electron chi connectivity index (χ2n) is 3.18. The van der Waals surface area contributed by atoms with E-state index in [1.54, 1.807) is 7.11 Å². The molecule has 0 aromatic rings. The normalized spacial score (nSPS) is 12.9. The smallest absolute Gasteiger partial charge is 0.320 e. The number of methoxy groups -OCH3 is 1. The molecule has 0 fully saturated rings. The van der Waals surface area contributed by atoms with Crippen molar-refractivity contribution < 1.29 is 14.3 Å². The van der Waals surface area contributed by atoms with E-state index in [2.05, 4.69) is 0 Å². The summed E-state index contributed by atoms with van der Waals surface area (Å²) in [5, 5.41) is 0. The highest BCUT2D eigenvalue weighted by molar-refractivity contribution is 5.71. The van der Waals surface area contributed by atoms with E-state index in [0.717, 1.165) is 13.1 Å². The van der Waals surface area contributed by atoms with Crippen molar-refractivity contribution in [3.8, 4) is 0 Å². The fourth-order valence-corrected chi connectivity index (χ4v) is 1.13. The van der Waals surface area contributed by atoms with Crippen molar-refractivity contribution in [2.75, 3.05) is 33.4 Å². The highest BCUT2D eigenvalue weighted by Crippen LogP contribution is 1.96. The number of hydrogen-bond acceptors (Lipinski definition) is 4. The standard InChI is InChI=1S/C10H21NO3/c1-5-11(7-9(3)13-4)8-10(12)14-6-2/h9H,5-8H2,1-4H3. The van der Waals surface area contributed by atoms with Gasteiger partial charge in [-0.2, -0.15) is 0 Å².